The third-order valence-electron chi connectivity index (χ3n) is 3.42. The molecule has 0 aliphatic carbocycles. The van der Waals surface area contributed by atoms with E-state index in [4.69, 9.17) is 0 Å². The van der Waals surface area contributed by atoms with E-state index in [2.05, 4.69) is 44.8 Å². The predicted molar refractivity (Wildman–Crippen MR) is 74.0 cm³/mol. The largest absolute Gasteiger partial charge is 0.316 e. The van der Waals surface area contributed by atoms with Gasteiger partial charge in [-0.15, -0.1) is 0 Å². The Balaban J connectivity index is 4.10. The molecule has 0 aromatic heterocycles. The highest BCUT2D eigenvalue weighted by molar-refractivity contribution is 4.79. The van der Waals surface area contributed by atoms with E-state index in [1.54, 1.807) is 0 Å². The maximum absolute atomic E-state index is 3.57. The molecule has 0 saturated heterocycles. The van der Waals surface area contributed by atoms with E-state index in [1.807, 2.05) is 0 Å². The Morgan fingerprint density at radius 2 is 1.75 bits per heavy atom. The lowest BCUT2D eigenvalue weighted by Gasteiger charge is -2.34. The Morgan fingerprint density at radius 1 is 1.06 bits per heavy atom. The van der Waals surface area contributed by atoms with Gasteiger partial charge in [-0.05, 0) is 44.3 Å². The van der Waals surface area contributed by atoms with Crippen LogP contribution in [0.2, 0.25) is 0 Å². The topological polar surface area (TPSA) is 15.3 Å². The lowest BCUT2D eigenvalue weighted by molar-refractivity contribution is 0.161. The molecule has 0 aliphatic rings. The van der Waals surface area contributed by atoms with Gasteiger partial charge in [-0.1, -0.05) is 34.6 Å². The first-order chi connectivity index (χ1) is 7.61. The van der Waals surface area contributed by atoms with Gasteiger partial charge in [0.2, 0.25) is 0 Å². The molecule has 2 heteroatoms. The van der Waals surface area contributed by atoms with Crippen LogP contribution in [0.25, 0.3) is 0 Å². The summed E-state index contributed by atoms with van der Waals surface area (Å²) in [7, 11) is 0. The Hall–Kier alpha value is -0.0800. The van der Waals surface area contributed by atoms with Crippen LogP contribution in [-0.4, -0.2) is 37.6 Å². The average Bonchev–Trinajstić information content (AvgIpc) is 2.29. The van der Waals surface area contributed by atoms with Crippen molar-refractivity contribution in [3.63, 3.8) is 0 Å². The highest BCUT2D eigenvalue weighted by atomic mass is 15.1. The average molecular weight is 228 g/mol. The van der Waals surface area contributed by atoms with Gasteiger partial charge in [0.1, 0.15) is 0 Å². The van der Waals surface area contributed by atoms with Crippen molar-refractivity contribution < 1.29 is 0 Å². The lowest BCUT2D eigenvalue weighted by Crippen LogP contribution is -2.42. The van der Waals surface area contributed by atoms with Gasteiger partial charge >= 0.3 is 0 Å². The van der Waals surface area contributed by atoms with Crippen LogP contribution in [0, 0.1) is 5.41 Å². The summed E-state index contributed by atoms with van der Waals surface area (Å²) in [6.45, 7) is 17.4. The molecular weight excluding hydrogens is 196 g/mol. The molecule has 0 aromatic carbocycles. The van der Waals surface area contributed by atoms with Crippen LogP contribution < -0.4 is 5.32 Å². The minimum absolute atomic E-state index is 0.431. The van der Waals surface area contributed by atoms with Crippen LogP contribution in [0.15, 0.2) is 0 Å². The summed E-state index contributed by atoms with van der Waals surface area (Å²) in [6, 6.07) is 0. The normalized spacial score (nSPS) is 15.4. The highest BCUT2D eigenvalue weighted by Gasteiger charge is 2.23. The first-order valence-corrected chi connectivity index (χ1v) is 7.04. The van der Waals surface area contributed by atoms with Crippen molar-refractivity contribution in [3.05, 3.63) is 0 Å². The van der Waals surface area contributed by atoms with Gasteiger partial charge in [-0.2, -0.15) is 0 Å². The van der Waals surface area contributed by atoms with Crippen LogP contribution in [0.4, 0.5) is 0 Å². The molecule has 1 unspecified atom stereocenters. The number of nitrogens with zero attached hydrogens (tertiary/aromatic N) is 1. The molecule has 0 saturated carbocycles. The zero-order valence-corrected chi connectivity index (χ0v) is 12.1. The Morgan fingerprint density at radius 3 is 2.19 bits per heavy atom. The van der Waals surface area contributed by atoms with Gasteiger partial charge in [-0.3, -0.25) is 0 Å². The molecule has 0 radical (unpaired) electrons. The molecule has 0 rings (SSSR count). The SMILES string of the molecule is CCCNCC(C)(CC)CN(CC)CCC. The number of rotatable bonds is 10. The van der Waals surface area contributed by atoms with Crippen LogP contribution >= 0.6 is 0 Å². The van der Waals surface area contributed by atoms with Crippen LogP contribution in [0.1, 0.15) is 53.9 Å². The fourth-order valence-corrected chi connectivity index (χ4v) is 2.06. The molecule has 0 fully saturated rings. The summed E-state index contributed by atoms with van der Waals surface area (Å²) in [6.07, 6.45) is 3.74. The molecule has 1 N–H and O–H groups in total. The standard InChI is InChI=1S/C14H32N2/c1-6-10-15-12-14(5,8-3)13-16(9-4)11-7-2/h15H,6-13H2,1-5H3. The minimum atomic E-state index is 0.431. The Labute approximate surface area is 103 Å². The monoisotopic (exact) mass is 228 g/mol. The summed E-state index contributed by atoms with van der Waals surface area (Å²) in [5.74, 6) is 0. The van der Waals surface area contributed by atoms with Crippen molar-refractivity contribution in [1.29, 1.82) is 0 Å². The van der Waals surface area contributed by atoms with Gasteiger partial charge in [0.05, 0.1) is 0 Å². The number of hydrogen-bond donors (Lipinski definition) is 1. The zero-order chi connectivity index (χ0) is 12.4. The lowest BCUT2D eigenvalue weighted by atomic mass is 9.86. The van der Waals surface area contributed by atoms with Crippen molar-refractivity contribution in [2.75, 3.05) is 32.7 Å². The second-order valence-corrected chi connectivity index (χ2v) is 5.21. The van der Waals surface area contributed by atoms with E-state index in [1.165, 1.54) is 38.9 Å². The van der Waals surface area contributed by atoms with E-state index in [-0.39, 0.29) is 0 Å². The van der Waals surface area contributed by atoms with Gasteiger partial charge in [0.25, 0.3) is 0 Å². The molecular formula is C14H32N2. The smallest absolute Gasteiger partial charge is 0.00473 e. The quantitative estimate of drug-likeness (QED) is 0.578. The summed E-state index contributed by atoms with van der Waals surface area (Å²) in [4.78, 5) is 2.58. The minimum Gasteiger partial charge on any atom is -0.316 e. The highest BCUT2D eigenvalue weighted by Crippen LogP contribution is 2.21. The molecule has 0 aliphatic heterocycles. The predicted octanol–water partition coefficient (Wildman–Crippen LogP) is 3.13. The first-order valence-electron chi connectivity index (χ1n) is 7.04. The van der Waals surface area contributed by atoms with E-state index in [0.717, 1.165) is 13.1 Å². The molecule has 0 bridgehead atoms. The fourth-order valence-electron chi connectivity index (χ4n) is 2.06. The number of hydrogen-bond acceptors (Lipinski definition) is 2. The summed E-state index contributed by atoms with van der Waals surface area (Å²) < 4.78 is 0. The van der Waals surface area contributed by atoms with E-state index < -0.39 is 0 Å². The van der Waals surface area contributed by atoms with Crippen LogP contribution in [-0.2, 0) is 0 Å². The Bertz CT molecular complexity index is 159. The van der Waals surface area contributed by atoms with Crippen LogP contribution in [0.3, 0.4) is 0 Å². The van der Waals surface area contributed by atoms with Gasteiger partial charge < -0.3 is 10.2 Å². The molecule has 0 aromatic rings. The molecule has 16 heavy (non-hydrogen) atoms. The third kappa shape index (κ3) is 6.49. The van der Waals surface area contributed by atoms with E-state index in [0.29, 0.717) is 5.41 Å². The third-order valence-corrected chi connectivity index (χ3v) is 3.42. The van der Waals surface area contributed by atoms with Gasteiger partial charge in [0, 0.05) is 13.1 Å². The van der Waals surface area contributed by atoms with Gasteiger partial charge in [0.15, 0.2) is 0 Å². The van der Waals surface area contributed by atoms with Crippen molar-refractivity contribution in [1.82, 2.24) is 10.2 Å². The van der Waals surface area contributed by atoms with E-state index in [9.17, 15) is 0 Å². The molecule has 98 valence electrons. The van der Waals surface area contributed by atoms with E-state index >= 15 is 0 Å². The van der Waals surface area contributed by atoms with Crippen molar-refractivity contribution >= 4 is 0 Å². The fraction of sp³-hybridized carbons (Fsp3) is 1.00. The molecule has 0 spiro atoms. The maximum atomic E-state index is 3.57. The Kier molecular flexibility index (Phi) is 8.96. The summed E-state index contributed by atoms with van der Waals surface area (Å²) >= 11 is 0. The molecule has 2 nitrogen and oxygen atoms in total. The maximum Gasteiger partial charge on any atom is 0.00473 e. The molecule has 1 atom stereocenters. The summed E-state index contributed by atoms with van der Waals surface area (Å²) in [5, 5.41) is 3.57. The van der Waals surface area contributed by atoms with Gasteiger partial charge in [-0.25, -0.2) is 0 Å². The second-order valence-electron chi connectivity index (χ2n) is 5.21. The van der Waals surface area contributed by atoms with Crippen LogP contribution in [0.5, 0.6) is 0 Å². The van der Waals surface area contributed by atoms with Crippen molar-refractivity contribution in [2.45, 2.75) is 53.9 Å². The zero-order valence-electron chi connectivity index (χ0n) is 12.1. The van der Waals surface area contributed by atoms with Crippen molar-refractivity contribution in [2.24, 2.45) is 5.41 Å². The second kappa shape index (κ2) is 9.00. The number of nitrogens with one attached hydrogen (secondary N) is 1. The van der Waals surface area contributed by atoms with Crippen molar-refractivity contribution in [3.8, 4) is 0 Å². The molecule has 0 amide bonds. The molecule has 0 heterocycles. The first kappa shape index (κ1) is 15.9. The summed E-state index contributed by atoms with van der Waals surface area (Å²) in [5.41, 5.74) is 0.431.